The number of ketones is 1. The molecule has 8 nitrogen and oxygen atoms in total. The number of carbonyl (C=O) groups excluding carboxylic acids is 1. The van der Waals surface area contributed by atoms with Crippen LogP contribution in [0.1, 0.15) is 22.3 Å². The maximum Gasteiger partial charge on any atom is 0.196 e. The fraction of sp³-hybridized carbons (Fsp3) is 0.192. The van der Waals surface area contributed by atoms with Crippen molar-refractivity contribution in [1.82, 2.24) is 14.8 Å². The number of thioether (sulfide) groups is 1. The number of carbonyl (C=O) groups is 1. The van der Waals surface area contributed by atoms with Crippen molar-refractivity contribution >= 4 is 40.7 Å². The fourth-order valence-electron chi connectivity index (χ4n) is 4.07. The predicted molar refractivity (Wildman–Crippen MR) is 139 cm³/mol. The van der Waals surface area contributed by atoms with E-state index in [2.05, 4.69) is 10.2 Å². The Morgan fingerprint density at radius 1 is 0.919 bits per heavy atom. The zero-order valence-electron chi connectivity index (χ0n) is 19.2. The molecule has 2 aliphatic heterocycles. The van der Waals surface area contributed by atoms with Crippen LogP contribution >= 0.6 is 35.0 Å². The molecule has 11 heteroatoms. The molecular weight excluding hydrogens is 537 g/mol. The van der Waals surface area contributed by atoms with Gasteiger partial charge >= 0.3 is 0 Å². The Labute approximate surface area is 226 Å². The molecule has 0 fully saturated rings. The summed E-state index contributed by atoms with van der Waals surface area (Å²) in [6.45, 7) is 1.21. The Balaban J connectivity index is 1.34. The molecule has 3 aromatic carbocycles. The van der Waals surface area contributed by atoms with E-state index in [4.69, 9.17) is 42.1 Å². The van der Waals surface area contributed by atoms with Crippen LogP contribution in [0.2, 0.25) is 10.0 Å². The highest BCUT2D eigenvalue weighted by Crippen LogP contribution is 2.39. The topological polar surface area (TPSA) is 84.7 Å². The van der Waals surface area contributed by atoms with Crippen molar-refractivity contribution in [2.75, 3.05) is 25.6 Å². The third-order valence-corrected chi connectivity index (χ3v) is 7.28. The van der Waals surface area contributed by atoms with Gasteiger partial charge in [0, 0.05) is 16.7 Å². The largest absolute Gasteiger partial charge is 0.486 e. The number of hydrogen-bond donors (Lipinski definition) is 0. The number of halogens is 2. The lowest BCUT2D eigenvalue weighted by atomic mass is 10.1. The molecule has 4 aromatic rings. The summed E-state index contributed by atoms with van der Waals surface area (Å²) in [6, 6.07) is 17.9. The van der Waals surface area contributed by atoms with Gasteiger partial charge in [-0.25, -0.2) is 0 Å². The normalized spacial score (nSPS) is 15.9. The number of fused-ring (bicyclic) bond motifs is 2. The quantitative estimate of drug-likeness (QED) is 0.217. The van der Waals surface area contributed by atoms with Gasteiger partial charge in [-0.3, -0.25) is 9.36 Å². The molecule has 0 saturated heterocycles. The minimum absolute atomic E-state index is 0.0922. The maximum atomic E-state index is 12.9. The third kappa shape index (κ3) is 4.82. The minimum atomic E-state index is -0.522. The van der Waals surface area contributed by atoms with E-state index in [1.165, 1.54) is 11.8 Å². The summed E-state index contributed by atoms with van der Waals surface area (Å²) in [7, 11) is 0. The summed E-state index contributed by atoms with van der Waals surface area (Å²) >= 11 is 13.5. The molecule has 0 bridgehead atoms. The van der Waals surface area contributed by atoms with Crippen molar-refractivity contribution in [3.05, 3.63) is 82.1 Å². The summed E-state index contributed by atoms with van der Waals surface area (Å²) in [5.41, 5.74) is 1.14. The lowest BCUT2D eigenvalue weighted by Gasteiger charge is -2.26. The number of benzene rings is 3. The monoisotopic (exact) mass is 555 g/mol. The van der Waals surface area contributed by atoms with Gasteiger partial charge in [0.2, 0.25) is 0 Å². The molecule has 188 valence electrons. The van der Waals surface area contributed by atoms with Crippen LogP contribution in [0.25, 0.3) is 5.69 Å². The summed E-state index contributed by atoms with van der Waals surface area (Å²) in [4.78, 5) is 12.9. The molecule has 2 aliphatic rings. The van der Waals surface area contributed by atoms with Crippen LogP contribution in [-0.4, -0.2) is 46.1 Å². The number of hydrogen-bond acceptors (Lipinski definition) is 8. The SMILES string of the molecule is O=C(CSc1nnc([C@@H]2COc3ccccc3O2)n1-c1ccc2c(c1)OCCO2)c1ccc(Cl)cc1Cl. The molecular formula is C26H19Cl2N3O5S. The highest BCUT2D eigenvalue weighted by molar-refractivity contribution is 7.99. The zero-order valence-corrected chi connectivity index (χ0v) is 21.6. The summed E-state index contributed by atoms with van der Waals surface area (Å²) in [5.74, 6) is 3.05. The Kier molecular flexibility index (Phi) is 6.58. The molecule has 0 amide bonds. The number of Topliss-reactive ketones (excluding diaryl/α,β-unsaturated/α-hetero) is 1. The molecule has 6 rings (SSSR count). The second-order valence-corrected chi connectivity index (χ2v) is 9.99. The van der Waals surface area contributed by atoms with Gasteiger partial charge in [-0.2, -0.15) is 0 Å². The number of aromatic nitrogens is 3. The molecule has 37 heavy (non-hydrogen) atoms. The molecule has 1 aromatic heterocycles. The lowest BCUT2D eigenvalue weighted by molar-refractivity contribution is 0.0835. The van der Waals surface area contributed by atoms with Crippen LogP contribution in [0.3, 0.4) is 0 Å². The molecule has 0 saturated carbocycles. The Hall–Kier alpha value is -3.40. The second kappa shape index (κ2) is 10.2. The van der Waals surface area contributed by atoms with Crippen molar-refractivity contribution < 1.29 is 23.7 Å². The van der Waals surface area contributed by atoms with Crippen LogP contribution in [-0.2, 0) is 0 Å². The van der Waals surface area contributed by atoms with Crippen molar-refractivity contribution in [3.63, 3.8) is 0 Å². The molecule has 0 spiro atoms. The average Bonchev–Trinajstić information content (AvgIpc) is 3.35. The standard InChI is InChI=1S/C26H19Cl2N3O5S/c27-15-5-7-17(18(28)11-15)19(32)14-37-26-30-29-25(24-13-35-20-3-1-2-4-22(20)36-24)31(26)16-6-8-21-23(12-16)34-10-9-33-21/h1-8,11-12,24H,9-10,13-14H2/t24-/m0/s1. The van der Waals surface area contributed by atoms with E-state index in [0.29, 0.717) is 62.8 Å². The molecule has 0 unspecified atom stereocenters. The van der Waals surface area contributed by atoms with Crippen molar-refractivity contribution in [2.45, 2.75) is 11.3 Å². The van der Waals surface area contributed by atoms with Crippen LogP contribution < -0.4 is 18.9 Å². The first-order valence-electron chi connectivity index (χ1n) is 11.4. The van der Waals surface area contributed by atoms with Gasteiger partial charge in [0.15, 0.2) is 45.9 Å². The van der Waals surface area contributed by atoms with E-state index in [-0.39, 0.29) is 18.1 Å². The lowest BCUT2D eigenvalue weighted by Crippen LogP contribution is -2.24. The predicted octanol–water partition coefficient (Wildman–Crippen LogP) is 5.83. The van der Waals surface area contributed by atoms with Crippen LogP contribution in [0.4, 0.5) is 0 Å². The highest BCUT2D eigenvalue weighted by atomic mass is 35.5. The van der Waals surface area contributed by atoms with E-state index in [9.17, 15) is 4.79 Å². The third-order valence-electron chi connectivity index (χ3n) is 5.80. The Morgan fingerprint density at radius 3 is 2.54 bits per heavy atom. The van der Waals surface area contributed by atoms with Gasteiger partial charge in [-0.05, 0) is 42.5 Å². The number of ether oxygens (including phenoxy) is 4. The van der Waals surface area contributed by atoms with Gasteiger partial charge in [-0.1, -0.05) is 47.1 Å². The van der Waals surface area contributed by atoms with Gasteiger partial charge in [0.05, 0.1) is 16.5 Å². The second-order valence-electron chi connectivity index (χ2n) is 8.20. The number of nitrogens with zero attached hydrogens (tertiary/aromatic N) is 3. The Morgan fingerprint density at radius 2 is 1.70 bits per heavy atom. The summed E-state index contributed by atoms with van der Waals surface area (Å²) in [6.07, 6.45) is -0.522. The maximum absolute atomic E-state index is 12.9. The Bertz CT molecular complexity index is 1500. The summed E-state index contributed by atoms with van der Waals surface area (Å²) < 4.78 is 25.5. The smallest absolute Gasteiger partial charge is 0.196 e. The van der Waals surface area contributed by atoms with Crippen LogP contribution in [0.15, 0.2) is 65.8 Å². The molecule has 1 atom stereocenters. The number of rotatable bonds is 6. The van der Waals surface area contributed by atoms with Gasteiger partial charge in [0.1, 0.15) is 19.8 Å². The van der Waals surface area contributed by atoms with Crippen LogP contribution in [0, 0.1) is 0 Å². The average molecular weight is 556 g/mol. The van der Waals surface area contributed by atoms with Crippen LogP contribution in [0.5, 0.6) is 23.0 Å². The first kappa shape index (κ1) is 24.0. The highest BCUT2D eigenvalue weighted by Gasteiger charge is 2.30. The minimum Gasteiger partial charge on any atom is -0.486 e. The van der Waals surface area contributed by atoms with E-state index >= 15 is 0 Å². The fourth-order valence-corrected chi connectivity index (χ4v) is 5.42. The van der Waals surface area contributed by atoms with Crippen molar-refractivity contribution in [2.24, 2.45) is 0 Å². The van der Waals surface area contributed by atoms with E-state index in [1.54, 1.807) is 18.2 Å². The van der Waals surface area contributed by atoms with E-state index in [0.717, 1.165) is 5.69 Å². The molecule has 0 N–H and O–H groups in total. The van der Waals surface area contributed by atoms with Gasteiger partial charge in [0.25, 0.3) is 0 Å². The van der Waals surface area contributed by atoms with Crippen molar-refractivity contribution in [1.29, 1.82) is 0 Å². The molecule has 3 heterocycles. The first-order valence-corrected chi connectivity index (χ1v) is 13.2. The van der Waals surface area contributed by atoms with Crippen molar-refractivity contribution in [3.8, 4) is 28.7 Å². The van der Waals surface area contributed by atoms with Gasteiger partial charge < -0.3 is 18.9 Å². The van der Waals surface area contributed by atoms with E-state index < -0.39 is 6.10 Å². The zero-order chi connectivity index (χ0) is 25.4. The number of para-hydroxylation sites is 2. The summed E-state index contributed by atoms with van der Waals surface area (Å²) in [5, 5.41) is 10.1. The molecule has 0 radical (unpaired) electrons. The van der Waals surface area contributed by atoms with Gasteiger partial charge in [-0.15, -0.1) is 10.2 Å². The van der Waals surface area contributed by atoms with E-state index in [1.807, 2.05) is 47.0 Å². The molecule has 0 aliphatic carbocycles. The first-order chi connectivity index (χ1) is 18.1.